The second-order valence-electron chi connectivity index (χ2n) is 6.20. The molecule has 0 bridgehead atoms. The van der Waals surface area contributed by atoms with Gasteiger partial charge in [0.15, 0.2) is 0 Å². The van der Waals surface area contributed by atoms with Crippen LogP contribution in [0.5, 0.6) is 0 Å². The van der Waals surface area contributed by atoms with Gasteiger partial charge in [-0.25, -0.2) is 0 Å². The van der Waals surface area contributed by atoms with Crippen molar-refractivity contribution >= 4 is 29.6 Å². The molecule has 28 heavy (non-hydrogen) atoms. The van der Waals surface area contributed by atoms with Gasteiger partial charge in [0.2, 0.25) is 0 Å². The van der Waals surface area contributed by atoms with E-state index in [1.54, 1.807) is 12.1 Å². The fourth-order valence-corrected chi connectivity index (χ4v) is 3.08. The van der Waals surface area contributed by atoms with E-state index in [0.29, 0.717) is 30.2 Å². The predicted molar refractivity (Wildman–Crippen MR) is 99.1 cm³/mol. The summed E-state index contributed by atoms with van der Waals surface area (Å²) in [4.78, 5) is 23.1. The molecule has 1 aromatic heterocycles. The molecule has 1 aliphatic rings. The largest absolute Gasteiger partial charge is 0.545 e. The van der Waals surface area contributed by atoms with Crippen molar-refractivity contribution in [2.45, 2.75) is 18.9 Å². The molecule has 1 fully saturated rings. The van der Waals surface area contributed by atoms with Gasteiger partial charge in [-0.1, -0.05) is 23.7 Å². The number of carboxylic acid groups (broad SMARTS) is 1. The molecule has 0 spiro atoms. The van der Waals surface area contributed by atoms with Crippen LogP contribution in [0.4, 0.5) is 0 Å². The topological polar surface area (TPSA) is 115 Å². The van der Waals surface area contributed by atoms with E-state index in [0.717, 1.165) is 12.8 Å². The maximum Gasteiger partial charge on any atom is 0.262 e. The summed E-state index contributed by atoms with van der Waals surface area (Å²) in [7, 11) is 0. The molecule has 1 atom stereocenters. The monoisotopic (exact) mass is 399 g/mol. The van der Waals surface area contributed by atoms with Gasteiger partial charge in [0.25, 0.3) is 5.91 Å². The van der Waals surface area contributed by atoms with E-state index >= 15 is 0 Å². The van der Waals surface area contributed by atoms with Gasteiger partial charge in [0.1, 0.15) is 23.2 Å². The zero-order chi connectivity index (χ0) is 20.1. The fraction of sp³-hybridized carbons (Fsp3) is 0.250. The quantitative estimate of drug-likeness (QED) is 0.587. The highest BCUT2D eigenvalue weighted by atomic mass is 35.5. The molecule has 0 unspecified atom stereocenters. The maximum absolute atomic E-state index is 12.2. The molecule has 2 aromatic rings. The van der Waals surface area contributed by atoms with E-state index in [9.17, 15) is 20.0 Å². The van der Waals surface area contributed by atoms with Crippen molar-refractivity contribution in [2.24, 2.45) is 0 Å². The first-order valence-corrected chi connectivity index (χ1v) is 8.98. The van der Waals surface area contributed by atoms with Crippen molar-refractivity contribution < 1.29 is 23.8 Å². The number of hydrogen-bond donors (Lipinski definition) is 1. The average Bonchev–Trinajstić information content (AvgIpc) is 3.35. The van der Waals surface area contributed by atoms with E-state index in [2.05, 4.69) is 5.32 Å². The smallest absolute Gasteiger partial charge is 0.262 e. The predicted octanol–water partition coefficient (Wildman–Crippen LogP) is 2.17. The van der Waals surface area contributed by atoms with Crippen LogP contribution in [0.25, 0.3) is 17.4 Å². The molecule has 1 aliphatic heterocycles. The first kappa shape index (κ1) is 19.7. The summed E-state index contributed by atoms with van der Waals surface area (Å²) in [5.74, 6) is -1.15. The van der Waals surface area contributed by atoms with E-state index in [-0.39, 0.29) is 22.3 Å². The molecule has 0 aliphatic carbocycles. The van der Waals surface area contributed by atoms with Crippen molar-refractivity contribution in [3.63, 3.8) is 0 Å². The van der Waals surface area contributed by atoms with Crippen LogP contribution in [0.1, 0.15) is 29.0 Å². The molecule has 2 heterocycles. The molecule has 1 saturated heterocycles. The normalized spacial score (nSPS) is 16.6. The zero-order valence-electron chi connectivity index (χ0n) is 14.7. The Morgan fingerprint density at radius 1 is 1.36 bits per heavy atom. The Labute approximate surface area is 166 Å². The molecular weight excluding hydrogens is 384 g/mol. The van der Waals surface area contributed by atoms with E-state index < -0.39 is 11.9 Å². The molecule has 0 saturated carbocycles. The minimum Gasteiger partial charge on any atom is -0.545 e. The number of nitrogens with zero attached hydrogens (tertiary/aromatic N) is 1. The van der Waals surface area contributed by atoms with Gasteiger partial charge < -0.3 is 24.4 Å². The number of aromatic carboxylic acids is 1. The summed E-state index contributed by atoms with van der Waals surface area (Å²) in [6.07, 6.45) is 3.16. The molecule has 1 aromatic carbocycles. The summed E-state index contributed by atoms with van der Waals surface area (Å²) >= 11 is 5.94. The Balaban J connectivity index is 1.72. The van der Waals surface area contributed by atoms with Gasteiger partial charge in [-0.3, -0.25) is 4.79 Å². The molecule has 144 valence electrons. The van der Waals surface area contributed by atoms with Crippen molar-refractivity contribution in [1.82, 2.24) is 5.32 Å². The standard InChI is InChI=1S/C20H17ClN2O5/c21-17-9-12(3-5-16(17)20(25)26)18-6-4-14(28-18)8-13(10-22)19(24)23-11-15-2-1-7-27-15/h3-6,8-9,15H,1-2,7,11H2,(H,23,24)(H,25,26)/p-1/b13-8+/t15-/m0/s1. The number of carbonyl (C=O) groups is 2. The Morgan fingerprint density at radius 2 is 2.18 bits per heavy atom. The number of carbonyl (C=O) groups excluding carboxylic acids is 2. The van der Waals surface area contributed by atoms with Crippen LogP contribution in [0.15, 0.2) is 40.3 Å². The number of amides is 1. The van der Waals surface area contributed by atoms with Crippen LogP contribution in [0, 0.1) is 11.3 Å². The van der Waals surface area contributed by atoms with Gasteiger partial charge in [0, 0.05) is 30.4 Å². The lowest BCUT2D eigenvalue weighted by Gasteiger charge is -2.09. The second-order valence-corrected chi connectivity index (χ2v) is 6.61. The van der Waals surface area contributed by atoms with E-state index in [4.69, 9.17) is 20.8 Å². The van der Waals surface area contributed by atoms with Gasteiger partial charge in [-0.15, -0.1) is 0 Å². The number of rotatable bonds is 6. The highest BCUT2D eigenvalue weighted by Crippen LogP contribution is 2.27. The molecule has 7 nitrogen and oxygen atoms in total. The van der Waals surface area contributed by atoms with Crippen LogP contribution in [0.3, 0.4) is 0 Å². The van der Waals surface area contributed by atoms with Crippen LogP contribution in [-0.4, -0.2) is 31.1 Å². The zero-order valence-corrected chi connectivity index (χ0v) is 15.5. The number of nitriles is 1. The van der Waals surface area contributed by atoms with Gasteiger partial charge in [0.05, 0.1) is 17.1 Å². The first-order valence-electron chi connectivity index (χ1n) is 8.60. The SMILES string of the molecule is N#C/C(=C\c1ccc(-c2ccc(C(=O)[O-])c(Cl)c2)o1)C(=O)NC[C@@H]1CCCO1. The third-order valence-corrected chi connectivity index (χ3v) is 4.58. The number of nitrogens with one attached hydrogen (secondary N) is 1. The highest BCUT2D eigenvalue weighted by molar-refractivity contribution is 6.33. The molecule has 3 rings (SSSR count). The summed E-state index contributed by atoms with van der Waals surface area (Å²) in [6, 6.07) is 9.39. The molecule has 1 N–H and O–H groups in total. The Kier molecular flexibility index (Phi) is 6.14. The fourth-order valence-electron chi connectivity index (χ4n) is 2.82. The third kappa shape index (κ3) is 4.60. The van der Waals surface area contributed by atoms with Crippen LogP contribution in [-0.2, 0) is 9.53 Å². The van der Waals surface area contributed by atoms with Crippen LogP contribution < -0.4 is 10.4 Å². The summed E-state index contributed by atoms with van der Waals surface area (Å²) in [5.41, 5.74) is 0.340. The number of hydrogen-bond acceptors (Lipinski definition) is 6. The minimum absolute atomic E-state index is 0.0205. The van der Waals surface area contributed by atoms with Crippen LogP contribution in [0.2, 0.25) is 5.02 Å². The lowest BCUT2D eigenvalue weighted by molar-refractivity contribution is -0.255. The second kappa shape index (κ2) is 8.74. The number of benzene rings is 1. The van der Waals surface area contributed by atoms with Crippen molar-refractivity contribution in [3.05, 3.63) is 52.3 Å². The Hall–Kier alpha value is -3.08. The molecular formula is C20H16ClN2O5-. The van der Waals surface area contributed by atoms with Crippen molar-refractivity contribution in [2.75, 3.05) is 13.2 Å². The highest BCUT2D eigenvalue weighted by Gasteiger charge is 2.18. The van der Waals surface area contributed by atoms with Crippen molar-refractivity contribution in [3.8, 4) is 17.4 Å². The maximum atomic E-state index is 12.2. The molecule has 8 heteroatoms. The number of furan rings is 1. The van der Waals surface area contributed by atoms with E-state index in [1.165, 1.54) is 24.3 Å². The Morgan fingerprint density at radius 3 is 2.82 bits per heavy atom. The van der Waals surface area contributed by atoms with Gasteiger partial charge in [-0.2, -0.15) is 5.26 Å². The lowest BCUT2D eigenvalue weighted by atomic mass is 10.1. The average molecular weight is 400 g/mol. The summed E-state index contributed by atoms with van der Waals surface area (Å²) in [6.45, 7) is 1.04. The van der Waals surface area contributed by atoms with Gasteiger partial charge in [-0.05, 0) is 31.0 Å². The first-order chi connectivity index (χ1) is 13.5. The Bertz CT molecular complexity index is 967. The minimum atomic E-state index is -1.37. The number of ether oxygens (including phenoxy) is 1. The molecule has 0 radical (unpaired) electrons. The number of halogens is 1. The molecule has 1 amide bonds. The summed E-state index contributed by atoms with van der Waals surface area (Å²) < 4.78 is 11.1. The van der Waals surface area contributed by atoms with Crippen LogP contribution >= 0.6 is 11.6 Å². The van der Waals surface area contributed by atoms with Gasteiger partial charge >= 0.3 is 0 Å². The number of carboxylic acids is 1. The van der Waals surface area contributed by atoms with Crippen molar-refractivity contribution in [1.29, 1.82) is 5.26 Å². The van der Waals surface area contributed by atoms with E-state index in [1.807, 2.05) is 6.07 Å². The third-order valence-electron chi connectivity index (χ3n) is 4.27. The summed E-state index contributed by atoms with van der Waals surface area (Å²) in [5, 5.41) is 22.9. The lowest BCUT2D eigenvalue weighted by Crippen LogP contribution is -2.32.